The summed E-state index contributed by atoms with van der Waals surface area (Å²) in [5, 5.41) is 3.25. The summed E-state index contributed by atoms with van der Waals surface area (Å²) in [7, 11) is 0. The topological polar surface area (TPSA) is 30.5 Å². The van der Waals surface area contributed by atoms with Crippen LogP contribution < -0.4 is 10.1 Å². The molecular formula is C14H18F3NO2. The molecule has 112 valence electrons. The van der Waals surface area contributed by atoms with E-state index in [1.807, 2.05) is 6.92 Å². The Hall–Kier alpha value is -1.27. The molecule has 0 aliphatic carbocycles. The van der Waals surface area contributed by atoms with Crippen LogP contribution in [0.5, 0.6) is 5.75 Å². The molecule has 1 saturated heterocycles. The zero-order valence-corrected chi connectivity index (χ0v) is 11.2. The van der Waals surface area contributed by atoms with Crippen molar-refractivity contribution in [1.82, 2.24) is 5.32 Å². The van der Waals surface area contributed by atoms with E-state index < -0.39 is 6.36 Å². The third-order valence-corrected chi connectivity index (χ3v) is 3.40. The zero-order valence-electron chi connectivity index (χ0n) is 11.2. The average molecular weight is 289 g/mol. The summed E-state index contributed by atoms with van der Waals surface area (Å²) in [5.74, 6) is 0.277. The van der Waals surface area contributed by atoms with Crippen LogP contribution in [0.3, 0.4) is 0 Å². The van der Waals surface area contributed by atoms with Crippen molar-refractivity contribution in [3.63, 3.8) is 0 Å². The Labute approximate surface area is 116 Å². The van der Waals surface area contributed by atoms with Gasteiger partial charge in [0.05, 0.1) is 6.10 Å². The minimum atomic E-state index is -4.65. The molecule has 1 N–H and O–H groups in total. The molecule has 1 aliphatic rings. The van der Waals surface area contributed by atoms with E-state index in [-0.39, 0.29) is 11.9 Å². The SMILES string of the molecule is CC1OCCC1CNCc1cccc(OC(F)(F)F)c1. The molecule has 1 aliphatic heterocycles. The number of hydrogen-bond acceptors (Lipinski definition) is 3. The highest BCUT2D eigenvalue weighted by Crippen LogP contribution is 2.23. The monoisotopic (exact) mass is 289 g/mol. The summed E-state index contributed by atoms with van der Waals surface area (Å²) in [6.07, 6.45) is -3.39. The number of halogens is 3. The van der Waals surface area contributed by atoms with Crippen molar-refractivity contribution in [3.8, 4) is 5.75 Å². The molecule has 0 amide bonds. The summed E-state index contributed by atoms with van der Waals surface area (Å²) in [6.45, 7) is 4.13. The Morgan fingerprint density at radius 2 is 2.20 bits per heavy atom. The standard InChI is InChI=1S/C14H18F3NO2/c1-10-12(5-6-19-10)9-18-8-11-3-2-4-13(7-11)20-14(15,16)17/h2-4,7,10,12,18H,5-6,8-9H2,1H3. The van der Waals surface area contributed by atoms with Crippen LogP contribution in [0.25, 0.3) is 0 Å². The van der Waals surface area contributed by atoms with E-state index in [2.05, 4.69) is 10.1 Å². The summed E-state index contributed by atoms with van der Waals surface area (Å²) in [6, 6.07) is 6.02. The van der Waals surface area contributed by atoms with Crippen molar-refractivity contribution in [2.75, 3.05) is 13.2 Å². The van der Waals surface area contributed by atoms with Crippen molar-refractivity contribution in [2.24, 2.45) is 5.92 Å². The van der Waals surface area contributed by atoms with E-state index in [4.69, 9.17) is 4.74 Å². The third kappa shape index (κ3) is 4.68. The van der Waals surface area contributed by atoms with E-state index in [9.17, 15) is 13.2 Å². The first-order valence-electron chi connectivity index (χ1n) is 6.61. The maximum absolute atomic E-state index is 12.1. The van der Waals surface area contributed by atoms with Gasteiger partial charge in [-0.1, -0.05) is 12.1 Å². The fourth-order valence-corrected chi connectivity index (χ4v) is 2.30. The second-order valence-corrected chi connectivity index (χ2v) is 4.95. The van der Waals surface area contributed by atoms with Crippen LogP contribution in [0.15, 0.2) is 24.3 Å². The Morgan fingerprint density at radius 1 is 1.40 bits per heavy atom. The second-order valence-electron chi connectivity index (χ2n) is 4.95. The van der Waals surface area contributed by atoms with Crippen molar-refractivity contribution in [3.05, 3.63) is 29.8 Å². The number of benzene rings is 1. The molecule has 0 spiro atoms. The summed E-state index contributed by atoms with van der Waals surface area (Å²) in [5.41, 5.74) is 0.762. The van der Waals surface area contributed by atoms with Gasteiger partial charge in [-0.2, -0.15) is 0 Å². The third-order valence-electron chi connectivity index (χ3n) is 3.40. The smallest absolute Gasteiger partial charge is 0.406 e. The first-order chi connectivity index (χ1) is 9.44. The number of nitrogens with one attached hydrogen (secondary N) is 1. The molecule has 1 fully saturated rings. The van der Waals surface area contributed by atoms with Crippen LogP contribution in [0, 0.1) is 5.92 Å². The zero-order chi connectivity index (χ0) is 14.6. The van der Waals surface area contributed by atoms with Crippen LogP contribution >= 0.6 is 0 Å². The predicted octanol–water partition coefficient (Wildman–Crippen LogP) is 3.10. The lowest BCUT2D eigenvalue weighted by Gasteiger charge is -2.15. The van der Waals surface area contributed by atoms with E-state index in [1.165, 1.54) is 12.1 Å². The highest BCUT2D eigenvalue weighted by molar-refractivity contribution is 5.28. The largest absolute Gasteiger partial charge is 0.573 e. The molecule has 1 aromatic carbocycles. The van der Waals surface area contributed by atoms with Crippen molar-refractivity contribution >= 4 is 0 Å². The molecule has 20 heavy (non-hydrogen) atoms. The van der Waals surface area contributed by atoms with Gasteiger partial charge in [0, 0.05) is 19.7 Å². The lowest BCUT2D eigenvalue weighted by molar-refractivity contribution is -0.274. The van der Waals surface area contributed by atoms with Crippen molar-refractivity contribution in [1.29, 1.82) is 0 Å². The van der Waals surface area contributed by atoms with Gasteiger partial charge < -0.3 is 14.8 Å². The molecule has 2 unspecified atom stereocenters. The molecule has 0 bridgehead atoms. The Morgan fingerprint density at radius 3 is 2.85 bits per heavy atom. The Kier molecular flexibility index (Phi) is 4.88. The minimum Gasteiger partial charge on any atom is -0.406 e. The lowest BCUT2D eigenvalue weighted by atomic mass is 10.0. The van der Waals surface area contributed by atoms with Crippen molar-refractivity contribution < 1.29 is 22.6 Å². The van der Waals surface area contributed by atoms with E-state index >= 15 is 0 Å². The minimum absolute atomic E-state index is 0.186. The van der Waals surface area contributed by atoms with E-state index in [0.29, 0.717) is 12.5 Å². The lowest BCUT2D eigenvalue weighted by Crippen LogP contribution is -2.26. The molecule has 2 atom stereocenters. The first kappa shape index (κ1) is 15.1. The number of rotatable bonds is 5. The Balaban J connectivity index is 1.82. The van der Waals surface area contributed by atoms with Gasteiger partial charge in [-0.15, -0.1) is 13.2 Å². The molecule has 2 rings (SSSR count). The van der Waals surface area contributed by atoms with Crippen LogP contribution in [0.2, 0.25) is 0 Å². The molecular weight excluding hydrogens is 271 g/mol. The van der Waals surface area contributed by atoms with E-state index in [0.717, 1.165) is 25.1 Å². The van der Waals surface area contributed by atoms with Crippen LogP contribution in [-0.4, -0.2) is 25.6 Å². The molecule has 3 nitrogen and oxygen atoms in total. The van der Waals surface area contributed by atoms with Gasteiger partial charge in [-0.05, 0) is 37.0 Å². The van der Waals surface area contributed by atoms with Gasteiger partial charge in [-0.25, -0.2) is 0 Å². The summed E-state index contributed by atoms with van der Waals surface area (Å²) in [4.78, 5) is 0. The fraction of sp³-hybridized carbons (Fsp3) is 0.571. The molecule has 0 aromatic heterocycles. The van der Waals surface area contributed by atoms with Gasteiger partial charge in [0.25, 0.3) is 0 Å². The van der Waals surface area contributed by atoms with Gasteiger partial charge in [0.1, 0.15) is 5.75 Å². The summed E-state index contributed by atoms with van der Waals surface area (Å²) >= 11 is 0. The molecule has 0 saturated carbocycles. The maximum Gasteiger partial charge on any atom is 0.573 e. The van der Waals surface area contributed by atoms with Gasteiger partial charge in [0.15, 0.2) is 0 Å². The number of ether oxygens (including phenoxy) is 2. The number of alkyl halides is 3. The molecule has 1 heterocycles. The quantitative estimate of drug-likeness (QED) is 0.903. The van der Waals surface area contributed by atoms with Gasteiger partial charge in [0.2, 0.25) is 0 Å². The first-order valence-corrected chi connectivity index (χ1v) is 6.61. The highest BCUT2D eigenvalue weighted by Gasteiger charge is 2.31. The second kappa shape index (κ2) is 6.45. The van der Waals surface area contributed by atoms with Crippen molar-refractivity contribution in [2.45, 2.75) is 32.4 Å². The molecule has 6 heteroatoms. The summed E-state index contributed by atoms with van der Waals surface area (Å²) < 4.78 is 45.7. The fourth-order valence-electron chi connectivity index (χ4n) is 2.30. The normalized spacial score (nSPS) is 23.0. The average Bonchev–Trinajstić information content (AvgIpc) is 2.73. The van der Waals surface area contributed by atoms with Gasteiger partial charge >= 0.3 is 6.36 Å². The predicted molar refractivity (Wildman–Crippen MR) is 68.4 cm³/mol. The molecule has 1 aromatic rings. The maximum atomic E-state index is 12.1. The van der Waals surface area contributed by atoms with Crippen LogP contribution in [0.4, 0.5) is 13.2 Å². The van der Waals surface area contributed by atoms with Gasteiger partial charge in [-0.3, -0.25) is 0 Å². The van der Waals surface area contributed by atoms with Crippen LogP contribution in [-0.2, 0) is 11.3 Å². The van der Waals surface area contributed by atoms with Crippen LogP contribution in [0.1, 0.15) is 18.9 Å². The number of hydrogen-bond donors (Lipinski definition) is 1. The highest BCUT2D eigenvalue weighted by atomic mass is 19.4. The Bertz CT molecular complexity index is 437. The van der Waals surface area contributed by atoms with E-state index in [1.54, 1.807) is 12.1 Å². The molecule has 0 radical (unpaired) electrons.